The van der Waals surface area contributed by atoms with E-state index in [2.05, 4.69) is 80.6 Å². The Morgan fingerprint density at radius 2 is 1.38 bits per heavy atom. The summed E-state index contributed by atoms with van der Waals surface area (Å²) in [5.74, 6) is 0. The molecule has 110 valence electrons. The van der Waals surface area contributed by atoms with Crippen LogP contribution in [0.15, 0.2) is 72.1 Å². The normalized spacial score (nSPS) is 11.9. The average Bonchev–Trinajstić information content (AvgIpc) is 2.56. The van der Waals surface area contributed by atoms with Crippen molar-refractivity contribution in [2.45, 2.75) is 39.5 Å². The molecule has 1 heteroatoms. The van der Waals surface area contributed by atoms with Gasteiger partial charge in [0.2, 0.25) is 0 Å². The van der Waals surface area contributed by atoms with E-state index < -0.39 is 0 Å². The molecule has 0 aromatic heterocycles. The lowest BCUT2D eigenvalue weighted by atomic mass is 10.2. The van der Waals surface area contributed by atoms with Gasteiger partial charge in [-0.05, 0) is 43.6 Å². The van der Waals surface area contributed by atoms with Crippen LogP contribution in [-0.4, -0.2) is 0 Å². The van der Waals surface area contributed by atoms with Gasteiger partial charge in [-0.3, -0.25) is 0 Å². The van der Waals surface area contributed by atoms with Crippen molar-refractivity contribution >= 4 is 18.5 Å². The van der Waals surface area contributed by atoms with Crippen molar-refractivity contribution in [1.29, 1.82) is 0 Å². The van der Waals surface area contributed by atoms with Crippen molar-refractivity contribution in [1.82, 2.24) is 0 Å². The molecule has 0 radical (unpaired) electrons. The maximum Gasteiger partial charge on any atom is -0.0154 e. The Hall–Kier alpha value is -1.39. The zero-order valence-corrected chi connectivity index (χ0v) is 14.0. The molecular weight excluding hydrogens is 271 g/mol. The fraction of sp³-hybridized carbons (Fsp3) is 0.300. The largest absolute Gasteiger partial charge is 0.0833 e. The molecule has 21 heavy (non-hydrogen) atoms. The van der Waals surface area contributed by atoms with Crippen LogP contribution < -0.4 is 10.6 Å². The van der Waals surface area contributed by atoms with Crippen LogP contribution in [-0.2, 0) is 0 Å². The van der Waals surface area contributed by atoms with Crippen LogP contribution in [0.5, 0.6) is 0 Å². The minimum absolute atomic E-state index is 0.370. The summed E-state index contributed by atoms with van der Waals surface area (Å²) in [6, 6.07) is 22.0. The number of unbranched alkanes of at least 4 members (excludes halogenated alkanes) is 2. The molecule has 2 aromatic carbocycles. The quantitative estimate of drug-likeness (QED) is 0.460. The Morgan fingerprint density at radius 1 is 0.857 bits per heavy atom. The molecular formula is C20H25P. The summed E-state index contributed by atoms with van der Waals surface area (Å²) in [5, 5.41) is 4.53. The van der Waals surface area contributed by atoms with Gasteiger partial charge >= 0.3 is 0 Å². The highest BCUT2D eigenvalue weighted by molar-refractivity contribution is 7.76. The molecule has 0 aliphatic heterocycles. The summed E-state index contributed by atoms with van der Waals surface area (Å²) in [7, 11) is -0.370. The van der Waals surface area contributed by atoms with Gasteiger partial charge in [0.15, 0.2) is 0 Å². The predicted octanol–water partition coefficient (Wildman–Crippen LogP) is 5.60. The van der Waals surface area contributed by atoms with Crippen molar-refractivity contribution < 1.29 is 0 Å². The van der Waals surface area contributed by atoms with Crippen molar-refractivity contribution in [2.24, 2.45) is 0 Å². The first-order valence-corrected chi connectivity index (χ1v) is 9.26. The van der Waals surface area contributed by atoms with Crippen LogP contribution in [0, 0.1) is 0 Å². The minimum atomic E-state index is -0.370. The maximum atomic E-state index is 2.35. The second-order valence-electron chi connectivity index (χ2n) is 5.24. The number of hydrogen-bond donors (Lipinski definition) is 0. The van der Waals surface area contributed by atoms with E-state index in [1.807, 2.05) is 0 Å². The molecule has 0 saturated heterocycles. The van der Waals surface area contributed by atoms with Crippen molar-refractivity contribution in [3.63, 3.8) is 0 Å². The van der Waals surface area contributed by atoms with Crippen LogP contribution in [0.2, 0.25) is 0 Å². The van der Waals surface area contributed by atoms with Gasteiger partial charge in [-0.15, -0.1) is 0 Å². The van der Waals surface area contributed by atoms with E-state index >= 15 is 0 Å². The van der Waals surface area contributed by atoms with Crippen molar-refractivity contribution in [3.8, 4) is 0 Å². The average molecular weight is 296 g/mol. The van der Waals surface area contributed by atoms with E-state index in [1.165, 1.54) is 36.3 Å². The van der Waals surface area contributed by atoms with Gasteiger partial charge in [0, 0.05) is 0 Å². The third-order valence-corrected chi connectivity index (χ3v) is 6.37. The fourth-order valence-corrected chi connectivity index (χ4v) is 5.12. The summed E-state index contributed by atoms with van der Waals surface area (Å²) in [6.07, 6.45) is 7.48. The molecule has 2 aromatic rings. The van der Waals surface area contributed by atoms with Gasteiger partial charge < -0.3 is 0 Å². The van der Waals surface area contributed by atoms with Gasteiger partial charge in [-0.2, -0.15) is 0 Å². The van der Waals surface area contributed by atoms with Gasteiger partial charge in [0.25, 0.3) is 0 Å². The molecule has 0 unspecified atom stereocenters. The summed E-state index contributed by atoms with van der Waals surface area (Å²) in [6.45, 7) is 4.47. The van der Waals surface area contributed by atoms with Gasteiger partial charge in [-0.25, -0.2) is 0 Å². The standard InChI is InChI=1S/C20H25P/c1-3-5-8-13-18(4-2)21(19-14-9-6-10-15-19)20-16-11-7-12-17-20/h4,6-7,9-12,14-17H,3,5,8,13H2,1-2H3/b18-4+. The lowest BCUT2D eigenvalue weighted by Crippen LogP contribution is -2.12. The van der Waals surface area contributed by atoms with Gasteiger partial charge in [0.05, 0.1) is 0 Å². The number of allylic oxidation sites excluding steroid dienone is 2. The van der Waals surface area contributed by atoms with Crippen LogP contribution in [0.4, 0.5) is 0 Å². The van der Waals surface area contributed by atoms with E-state index in [-0.39, 0.29) is 7.92 Å². The van der Waals surface area contributed by atoms with Crippen LogP contribution in [0.25, 0.3) is 0 Å². The van der Waals surface area contributed by atoms with E-state index in [0.717, 1.165) is 0 Å². The molecule has 0 spiro atoms. The number of rotatable bonds is 7. The van der Waals surface area contributed by atoms with Crippen molar-refractivity contribution in [3.05, 3.63) is 72.1 Å². The Balaban J connectivity index is 2.32. The molecule has 0 amide bonds. The Bertz CT molecular complexity index is 503. The minimum Gasteiger partial charge on any atom is -0.0833 e. The highest BCUT2D eigenvalue weighted by Gasteiger charge is 2.17. The highest BCUT2D eigenvalue weighted by atomic mass is 31.1. The molecule has 2 rings (SSSR count). The summed E-state index contributed by atoms with van der Waals surface area (Å²) >= 11 is 0. The second kappa shape index (κ2) is 8.80. The third kappa shape index (κ3) is 4.55. The van der Waals surface area contributed by atoms with Crippen molar-refractivity contribution in [2.75, 3.05) is 0 Å². The first-order chi connectivity index (χ1) is 10.4. The smallest absolute Gasteiger partial charge is 0.0154 e. The molecule has 0 nitrogen and oxygen atoms in total. The van der Waals surface area contributed by atoms with E-state index in [0.29, 0.717) is 0 Å². The topological polar surface area (TPSA) is 0 Å². The Kier molecular flexibility index (Phi) is 6.70. The van der Waals surface area contributed by atoms with Gasteiger partial charge in [-0.1, -0.05) is 86.5 Å². The molecule has 0 saturated carbocycles. The number of benzene rings is 2. The zero-order chi connectivity index (χ0) is 14.9. The first kappa shape index (κ1) is 16.0. The van der Waals surface area contributed by atoms with Gasteiger partial charge in [0.1, 0.15) is 0 Å². The predicted molar refractivity (Wildman–Crippen MR) is 97.0 cm³/mol. The lowest BCUT2D eigenvalue weighted by Gasteiger charge is -2.22. The molecule has 0 fully saturated rings. The molecule has 0 aliphatic rings. The zero-order valence-electron chi connectivity index (χ0n) is 13.1. The molecule has 0 heterocycles. The first-order valence-electron chi connectivity index (χ1n) is 7.92. The maximum absolute atomic E-state index is 2.35. The fourth-order valence-electron chi connectivity index (χ4n) is 2.58. The van der Waals surface area contributed by atoms with E-state index in [1.54, 1.807) is 5.31 Å². The molecule has 0 atom stereocenters. The SMILES string of the molecule is C/C=C(\CCCCC)P(c1ccccc1)c1ccccc1. The monoisotopic (exact) mass is 296 g/mol. The molecule has 0 bridgehead atoms. The Morgan fingerprint density at radius 3 is 1.81 bits per heavy atom. The third-order valence-electron chi connectivity index (χ3n) is 3.69. The van der Waals surface area contributed by atoms with Crippen LogP contribution in [0.1, 0.15) is 39.5 Å². The van der Waals surface area contributed by atoms with Crippen LogP contribution in [0.3, 0.4) is 0 Å². The van der Waals surface area contributed by atoms with E-state index in [4.69, 9.17) is 0 Å². The molecule has 0 N–H and O–H groups in total. The summed E-state index contributed by atoms with van der Waals surface area (Å²) in [5.41, 5.74) is 0. The summed E-state index contributed by atoms with van der Waals surface area (Å²) in [4.78, 5) is 0. The highest BCUT2D eigenvalue weighted by Crippen LogP contribution is 2.45. The Labute approximate surface area is 130 Å². The van der Waals surface area contributed by atoms with E-state index in [9.17, 15) is 0 Å². The lowest BCUT2D eigenvalue weighted by molar-refractivity contribution is 0.724. The van der Waals surface area contributed by atoms with Crippen LogP contribution >= 0.6 is 7.92 Å². The summed E-state index contributed by atoms with van der Waals surface area (Å²) < 4.78 is 0. The molecule has 0 aliphatic carbocycles. The second-order valence-corrected chi connectivity index (χ2v) is 7.52. The number of hydrogen-bond acceptors (Lipinski definition) is 0.